The largest absolute Gasteiger partial charge is 0.497 e. The van der Waals surface area contributed by atoms with E-state index >= 15 is 0 Å². The Kier molecular flexibility index (Phi) is 5.46. The second kappa shape index (κ2) is 7.35. The van der Waals surface area contributed by atoms with Crippen LogP contribution in [0.5, 0.6) is 11.5 Å². The van der Waals surface area contributed by atoms with Crippen LogP contribution in [0.4, 0.5) is 0 Å². The minimum absolute atomic E-state index is 0.211. The van der Waals surface area contributed by atoms with Gasteiger partial charge in [0.25, 0.3) is 10.0 Å². The summed E-state index contributed by atoms with van der Waals surface area (Å²) in [6.45, 7) is 3.58. The van der Waals surface area contributed by atoms with Crippen LogP contribution in [0, 0.1) is 13.8 Å². The predicted molar refractivity (Wildman–Crippen MR) is 93.4 cm³/mol. The summed E-state index contributed by atoms with van der Waals surface area (Å²) in [6.07, 6.45) is 1.40. The van der Waals surface area contributed by atoms with Gasteiger partial charge in [-0.1, -0.05) is 12.1 Å². The zero-order chi connectivity index (χ0) is 17.7. The first-order valence-electron chi connectivity index (χ1n) is 7.21. The molecule has 0 spiro atoms. The van der Waals surface area contributed by atoms with Crippen molar-refractivity contribution in [3.05, 3.63) is 53.1 Å². The van der Waals surface area contributed by atoms with Crippen LogP contribution in [-0.2, 0) is 10.0 Å². The summed E-state index contributed by atoms with van der Waals surface area (Å²) in [5.74, 6) is 1.18. The predicted octanol–water partition coefficient (Wildman–Crippen LogP) is 2.63. The van der Waals surface area contributed by atoms with Crippen molar-refractivity contribution in [2.24, 2.45) is 5.10 Å². The molecule has 0 saturated carbocycles. The summed E-state index contributed by atoms with van der Waals surface area (Å²) in [6, 6.07) is 10.4. The van der Waals surface area contributed by atoms with Crippen LogP contribution in [0.3, 0.4) is 0 Å². The number of rotatable bonds is 6. The summed E-state index contributed by atoms with van der Waals surface area (Å²) in [4.78, 5) is 2.44. The minimum Gasteiger partial charge on any atom is -0.497 e. The first-order chi connectivity index (χ1) is 11.4. The molecule has 0 atom stereocenters. The molecule has 6 nitrogen and oxygen atoms in total. The fraction of sp³-hybridized carbons (Fsp3) is 0.235. The van der Waals surface area contributed by atoms with Gasteiger partial charge in [0.1, 0.15) is 11.5 Å². The zero-order valence-electron chi connectivity index (χ0n) is 14.0. The second-order valence-corrected chi connectivity index (χ2v) is 6.90. The Bertz CT molecular complexity index is 839. The Morgan fingerprint density at radius 3 is 2.21 bits per heavy atom. The summed E-state index contributed by atoms with van der Waals surface area (Å²) >= 11 is 0. The van der Waals surface area contributed by atoms with Gasteiger partial charge in [0, 0.05) is 11.6 Å². The number of hydrogen-bond donors (Lipinski definition) is 1. The lowest BCUT2D eigenvalue weighted by atomic mass is 10.2. The maximum absolute atomic E-state index is 12.4. The number of nitrogens with zero attached hydrogens (tertiary/aromatic N) is 1. The lowest BCUT2D eigenvalue weighted by Crippen LogP contribution is -2.19. The summed E-state index contributed by atoms with van der Waals surface area (Å²) in [5.41, 5.74) is 2.17. The molecule has 1 N–H and O–H groups in total. The van der Waals surface area contributed by atoms with Gasteiger partial charge in [0.05, 0.1) is 25.3 Å². The topological polar surface area (TPSA) is 77.0 Å². The molecule has 0 unspecified atom stereocenters. The van der Waals surface area contributed by atoms with Gasteiger partial charge in [-0.25, -0.2) is 4.83 Å². The van der Waals surface area contributed by atoms with E-state index in [-0.39, 0.29) is 4.90 Å². The normalized spacial score (nSPS) is 11.5. The Labute approximate surface area is 142 Å². The van der Waals surface area contributed by atoms with Gasteiger partial charge in [0.2, 0.25) is 0 Å². The standard InChI is InChI=1S/C17H20N2O4S/c1-12-5-6-13(2)17(7-12)24(20,21)19-18-11-14-8-15(22-3)10-16(9-14)23-4/h5-11,19H,1-4H3/b18-11-. The Morgan fingerprint density at radius 2 is 1.62 bits per heavy atom. The van der Waals surface area contributed by atoms with Crippen molar-refractivity contribution in [2.45, 2.75) is 18.7 Å². The van der Waals surface area contributed by atoms with E-state index in [4.69, 9.17) is 9.47 Å². The van der Waals surface area contributed by atoms with Gasteiger partial charge < -0.3 is 9.47 Å². The third-order valence-electron chi connectivity index (χ3n) is 3.39. The lowest BCUT2D eigenvalue weighted by Gasteiger charge is -2.08. The van der Waals surface area contributed by atoms with Crippen molar-refractivity contribution in [3.8, 4) is 11.5 Å². The maximum atomic E-state index is 12.4. The molecular formula is C17H20N2O4S. The molecule has 0 heterocycles. The fourth-order valence-corrected chi connectivity index (χ4v) is 3.24. The highest BCUT2D eigenvalue weighted by molar-refractivity contribution is 7.89. The van der Waals surface area contributed by atoms with Crippen LogP contribution in [0.1, 0.15) is 16.7 Å². The van der Waals surface area contributed by atoms with E-state index in [1.54, 1.807) is 51.5 Å². The third kappa shape index (κ3) is 4.26. The zero-order valence-corrected chi connectivity index (χ0v) is 14.8. The van der Waals surface area contributed by atoms with E-state index in [0.717, 1.165) is 5.56 Å². The number of benzene rings is 2. The minimum atomic E-state index is -3.73. The molecule has 2 aromatic rings. The van der Waals surface area contributed by atoms with E-state index < -0.39 is 10.0 Å². The number of hydrazone groups is 1. The van der Waals surface area contributed by atoms with E-state index in [2.05, 4.69) is 9.93 Å². The van der Waals surface area contributed by atoms with Crippen molar-refractivity contribution in [1.82, 2.24) is 4.83 Å². The molecule has 0 aliphatic rings. The molecule has 128 valence electrons. The van der Waals surface area contributed by atoms with Gasteiger partial charge in [-0.15, -0.1) is 0 Å². The van der Waals surface area contributed by atoms with E-state index in [9.17, 15) is 8.42 Å². The highest BCUT2D eigenvalue weighted by Gasteiger charge is 2.15. The van der Waals surface area contributed by atoms with Gasteiger partial charge in [-0.05, 0) is 43.2 Å². The van der Waals surface area contributed by atoms with Crippen LogP contribution in [0.2, 0.25) is 0 Å². The summed E-state index contributed by atoms with van der Waals surface area (Å²) in [7, 11) is -0.644. The summed E-state index contributed by atoms with van der Waals surface area (Å²) in [5, 5.41) is 3.84. The first-order valence-corrected chi connectivity index (χ1v) is 8.69. The van der Waals surface area contributed by atoms with Gasteiger partial charge >= 0.3 is 0 Å². The van der Waals surface area contributed by atoms with Crippen molar-refractivity contribution >= 4 is 16.2 Å². The van der Waals surface area contributed by atoms with Crippen LogP contribution < -0.4 is 14.3 Å². The monoisotopic (exact) mass is 348 g/mol. The Morgan fingerprint density at radius 1 is 1.00 bits per heavy atom. The van der Waals surface area contributed by atoms with Gasteiger partial charge in [-0.3, -0.25) is 0 Å². The molecule has 7 heteroatoms. The van der Waals surface area contributed by atoms with Crippen molar-refractivity contribution < 1.29 is 17.9 Å². The van der Waals surface area contributed by atoms with Crippen LogP contribution in [0.15, 0.2) is 46.4 Å². The lowest BCUT2D eigenvalue weighted by molar-refractivity contribution is 0.394. The quantitative estimate of drug-likeness (QED) is 0.643. The molecular weight excluding hydrogens is 328 g/mol. The molecule has 0 aliphatic heterocycles. The molecule has 0 aromatic heterocycles. The molecule has 2 aromatic carbocycles. The molecule has 0 fully saturated rings. The number of ether oxygens (including phenoxy) is 2. The van der Waals surface area contributed by atoms with Crippen molar-refractivity contribution in [3.63, 3.8) is 0 Å². The Balaban J connectivity index is 2.23. The molecule has 0 saturated heterocycles. The van der Waals surface area contributed by atoms with Crippen LogP contribution >= 0.6 is 0 Å². The first kappa shape index (κ1) is 17.8. The molecule has 0 aliphatic carbocycles. The van der Waals surface area contributed by atoms with Gasteiger partial charge in [0.15, 0.2) is 0 Å². The molecule has 0 amide bonds. The molecule has 0 radical (unpaired) electrons. The number of methoxy groups -OCH3 is 2. The highest BCUT2D eigenvalue weighted by Crippen LogP contribution is 2.21. The second-order valence-electron chi connectivity index (χ2n) is 5.27. The summed E-state index contributed by atoms with van der Waals surface area (Å²) < 4.78 is 35.1. The number of hydrogen-bond acceptors (Lipinski definition) is 5. The Hall–Kier alpha value is -2.54. The smallest absolute Gasteiger partial charge is 0.276 e. The average molecular weight is 348 g/mol. The molecule has 24 heavy (non-hydrogen) atoms. The number of aryl methyl sites for hydroxylation is 2. The van der Waals surface area contributed by atoms with E-state index in [0.29, 0.717) is 22.6 Å². The van der Waals surface area contributed by atoms with E-state index in [1.807, 2.05) is 13.0 Å². The van der Waals surface area contributed by atoms with Crippen molar-refractivity contribution in [1.29, 1.82) is 0 Å². The third-order valence-corrected chi connectivity index (χ3v) is 4.76. The van der Waals surface area contributed by atoms with Crippen LogP contribution in [0.25, 0.3) is 0 Å². The highest BCUT2D eigenvalue weighted by atomic mass is 32.2. The number of sulfonamides is 1. The molecule has 2 rings (SSSR count). The van der Waals surface area contributed by atoms with Gasteiger partial charge in [-0.2, -0.15) is 13.5 Å². The SMILES string of the molecule is COc1cc(/C=N\NS(=O)(=O)c2cc(C)ccc2C)cc(OC)c1. The fourth-order valence-electron chi connectivity index (χ4n) is 2.12. The number of nitrogens with one attached hydrogen (secondary N) is 1. The van der Waals surface area contributed by atoms with Crippen LogP contribution in [-0.4, -0.2) is 28.9 Å². The molecule has 0 bridgehead atoms. The van der Waals surface area contributed by atoms with E-state index in [1.165, 1.54) is 6.21 Å². The average Bonchev–Trinajstić information content (AvgIpc) is 2.56. The maximum Gasteiger partial charge on any atom is 0.276 e. The van der Waals surface area contributed by atoms with Crippen molar-refractivity contribution in [2.75, 3.05) is 14.2 Å².